The van der Waals surface area contributed by atoms with Crippen LogP contribution in [0.4, 0.5) is 14.0 Å². The number of likely N-dealkylation sites (tertiary alicyclic amines) is 1. The van der Waals surface area contributed by atoms with Crippen molar-refractivity contribution < 1.29 is 23.5 Å². The molecule has 2 aromatic carbocycles. The van der Waals surface area contributed by atoms with E-state index in [2.05, 4.69) is 10.6 Å². The molecule has 0 radical (unpaired) electrons. The average Bonchev–Trinajstić information content (AvgIpc) is 3.66. The number of piperidine rings is 1. The van der Waals surface area contributed by atoms with Gasteiger partial charge in [-0.3, -0.25) is 4.79 Å². The fraction of sp³-hybridized carbons (Fsp3) is 0.480. The quantitative estimate of drug-likeness (QED) is 0.634. The highest BCUT2D eigenvalue weighted by atomic mass is 19.1. The lowest BCUT2D eigenvalue weighted by Crippen LogP contribution is -2.58. The smallest absolute Gasteiger partial charge is 0.318 e. The third kappa shape index (κ3) is 5.76. The standard InChI is InChI=1S/C25H31FN4O4/c1-16(31)34-15-18-10-23(14-29(13-18)24(32)27-2)30(22-7-8-22)25(33)28-12-17-3-4-20-11-21(26)6-5-19(20)9-17/h3-6,9,11,18,22-23H,7-8,10,12-15H2,1-2H3,(H,27,32)(H,28,33). The van der Waals surface area contributed by atoms with Crippen LogP contribution in [0.5, 0.6) is 0 Å². The van der Waals surface area contributed by atoms with Crippen LogP contribution in [0.25, 0.3) is 10.8 Å². The Labute approximate surface area is 198 Å². The minimum Gasteiger partial charge on any atom is -0.466 e. The number of benzene rings is 2. The Balaban J connectivity index is 1.45. The number of hydrogen-bond acceptors (Lipinski definition) is 4. The topological polar surface area (TPSA) is 91.0 Å². The van der Waals surface area contributed by atoms with Crippen molar-refractivity contribution in [1.29, 1.82) is 0 Å². The molecule has 182 valence electrons. The summed E-state index contributed by atoms with van der Waals surface area (Å²) in [6.45, 7) is 2.84. The summed E-state index contributed by atoms with van der Waals surface area (Å²) in [4.78, 5) is 40.5. The van der Waals surface area contributed by atoms with Gasteiger partial charge in [-0.05, 0) is 53.8 Å². The monoisotopic (exact) mass is 470 g/mol. The van der Waals surface area contributed by atoms with Crippen LogP contribution in [0.1, 0.15) is 31.7 Å². The number of carbonyl (C=O) groups is 3. The molecule has 1 heterocycles. The third-order valence-electron chi connectivity index (χ3n) is 6.42. The summed E-state index contributed by atoms with van der Waals surface area (Å²) < 4.78 is 18.7. The number of amides is 4. The summed E-state index contributed by atoms with van der Waals surface area (Å²) in [5.41, 5.74) is 0.923. The Hall–Kier alpha value is -3.36. The van der Waals surface area contributed by atoms with Gasteiger partial charge in [-0.15, -0.1) is 0 Å². The number of fused-ring (bicyclic) bond motifs is 1. The number of esters is 1. The number of urea groups is 2. The summed E-state index contributed by atoms with van der Waals surface area (Å²) in [5, 5.41) is 7.40. The van der Waals surface area contributed by atoms with E-state index in [1.54, 1.807) is 18.0 Å². The Morgan fingerprint density at radius 1 is 1.09 bits per heavy atom. The lowest BCUT2D eigenvalue weighted by molar-refractivity contribution is -0.143. The summed E-state index contributed by atoms with van der Waals surface area (Å²) >= 11 is 0. The molecule has 1 saturated heterocycles. The summed E-state index contributed by atoms with van der Waals surface area (Å²) in [6, 6.07) is 9.91. The highest BCUT2D eigenvalue weighted by Crippen LogP contribution is 2.33. The van der Waals surface area contributed by atoms with Crippen molar-refractivity contribution in [2.45, 2.75) is 44.8 Å². The number of nitrogens with zero attached hydrogens (tertiary/aromatic N) is 2. The Morgan fingerprint density at radius 2 is 1.82 bits per heavy atom. The van der Waals surface area contributed by atoms with Gasteiger partial charge < -0.3 is 25.2 Å². The number of nitrogens with one attached hydrogen (secondary N) is 2. The first-order chi connectivity index (χ1) is 16.3. The highest BCUT2D eigenvalue weighted by Gasteiger charge is 2.42. The summed E-state index contributed by atoms with van der Waals surface area (Å²) in [6.07, 6.45) is 2.52. The molecule has 34 heavy (non-hydrogen) atoms. The first-order valence-corrected chi connectivity index (χ1v) is 11.7. The second-order valence-corrected chi connectivity index (χ2v) is 9.14. The number of rotatable bonds is 6. The van der Waals surface area contributed by atoms with E-state index in [0.717, 1.165) is 29.2 Å². The third-order valence-corrected chi connectivity index (χ3v) is 6.42. The van der Waals surface area contributed by atoms with Gasteiger partial charge in [0.1, 0.15) is 5.82 Å². The van der Waals surface area contributed by atoms with Crippen molar-refractivity contribution in [3.63, 3.8) is 0 Å². The molecule has 1 saturated carbocycles. The van der Waals surface area contributed by atoms with Crippen molar-refractivity contribution in [2.24, 2.45) is 5.92 Å². The van der Waals surface area contributed by atoms with Crippen molar-refractivity contribution >= 4 is 28.8 Å². The van der Waals surface area contributed by atoms with Gasteiger partial charge in [0.15, 0.2) is 0 Å². The maximum Gasteiger partial charge on any atom is 0.318 e. The van der Waals surface area contributed by atoms with Gasteiger partial charge in [0.05, 0.1) is 12.6 Å². The number of ether oxygens (including phenoxy) is 1. The van der Waals surface area contributed by atoms with Gasteiger partial charge in [-0.25, -0.2) is 14.0 Å². The van der Waals surface area contributed by atoms with Crippen LogP contribution in [-0.4, -0.2) is 66.7 Å². The van der Waals surface area contributed by atoms with Crippen LogP contribution < -0.4 is 10.6 Å². The molecule has 0 spiro atoms. The number of hydrogen-bond donors (Lipinski definition) is 2. The second kappa shape index (κ2) is 10.3. The van der Waals surface area contributed by atoms with E-state index < -0.39 is 0 Å². The number of halogens is 1. The molecule has 9 heteroatoms. The molecule has 2 atom stereocenters. The van der Waals surface area contributed by atoms with Gasteiger partial charge in [-0.2, -0.15) is 0 Å². The molecule has 2 aromatic rings. The van der Waals surface area contributed by atoms with Crippen LogP contribution in [0.2, 0.25) is 0 Å². The lowest BCUT2D eigenvalue weighted by atomic mass is 9.93. The van der Waals surface area contributed by atoms with E-state index in [1.165, 1.54) is 19.1 Å². The maximum absolute atomic E-state index is 13.4. The zero-order valence-electron chi connectivity index (χ0n) is 19.6. The molecule has 2 fully saturated rings. The lowest BCUT2D eigenvalue weighted by Gasteiger charge is -2.42. The van der Waals surface area contributed by atoms with Crippen LogP contribution in [0.3, 0.4) is 0 Å². The van der Waals surface area contributed by atoms with E-state index in [1.807, 2.05) is 23.1 Å². The molecule has 4 amide bonds. The minimum atomic E-state index is -0.358. The first kappa shape index (κ1) is 23.8. The molecule has 1 aliphatic carbocycles. The van der Waals surface area contributed by atoms with Gasteiger partial charge in [0.2, 0.25) is 0 Å². The van der Waals surface area contributed by atoms with Crippen LogP contribution in [0, 0.1) is 11.7 Å². The van der Waals surface area contributed by atoms with Crippen LogP contribution in [-0.2, 0) is 16.1 Å². The Morgan fingerprint density at radius 3 is 2.53 bits per heavy atom. The van der Waals surface area contributed by atoms with E-state index in [4.69, 9.17) is 4.74 Å². The van der Waals surface area contributed by atoms with Crippen LogP contribution in [0.15, 0.2) is 36.4 Å². The molecule has 0 aromatic heterocycles. The molecule has 2 N–H and O–H groups in total. The van der Waals surface area contributed by atoms with Gasteiger partial charge in [0, 0.05) is 45.6 Å². The van der Waals surface area contributed by atoms with Crippen molar-refractivity contribution in [3.8, 4) is 0 Å². The molecule has 2 unspecified atom stereocenters. The van der Waals surface area contributed by atoms with Crippen molar-refractivity contribution in [2.75, 3.05) is 26.7 Å². The SMILES string of the molecule is CNC(=O)N1CC(COC(C)=O)CC(N(C(=O)NCc2ccc3cc(F)ccc3c2)C2CC2)C1. The van der Waals surface area contributed by atoms with Gasteiger partial charge in [-0.1, -0.05) is 18.2 Å². The minimum absolute atomic E-state index is 0.0464. The largest absolute Gasteiger partial charge is 0.466 e. The van der Waals surface area contributed by atoms with Gasteiger partial charge in [0.25, 0.3) is 0 Å². The fourth-order valence-corrected chi connectivity index (χ4v) is 4.68. The highest BCUT2D eigenvalue weighted by molar-refractivity contribution is 5.83. The van der Waals surface area contributed by atoms with Gasteiger partial charge >= 0.3 is 18.0 Å². The van der Waals surface area contributed by atoms with Crippen molar-refractivity contribution in [3.05, 3.63) is 47.8 Å². The van der Waals surface area contributed by atoms with E-state index in [9.17, 15) is 18.8 Å². The summed E-state index contributed by atoms with van der Waals surface area (Å²) in [7, 11) is 1.58. The molecule has 0 bridgehead atoms. The molecule has 4 rings (SSSR count). The zero-order chi connectivity index (χ0) is 24.2. The van der Waals surface area contributed by atoms with E-state index in [0.29, 0.717) is 26.1 Å². The second-order valence-electron chi connectivity index (χ2n) is 9.14. The zero-order valence-corrected chi connectivity index (χ0v) is 19.6. The average molecular weight is 471 g/mol. The molecule has 1 aliphatic heterocycles. The molecule has 2 aliphatic rings. The predicted octanol–water partition coefficient (Wildman–Crippen LogP) is 3.25. The van der Waals surface area contributed by atoms with Crippen molar-refractivity contribution in [1.82, 2.24) is 20.4 Å². The normalized spacial score (nSPS) is 20.0. The summed E-state index contributed by atoms with van der Waals surface area (Å²) in [5.74, 6) is -0.683. The molecule has 8 nitrogen and oxygen atoms in total. The van der Waals surface area contributed by atoms with E-state index in [-0.39, 0.29) is 48.5 Å². The molecular formula is C25H31FN4O4. The van der Waals surface area contributed by atoms with E-state index >= 15 is 0 Å². The van der Waals surface area contributed by atoms with Crippen LogP contribution >= 0.6 is 0 Å². The first-order valence-electron chi connectivity index (χ1n) is 11.7. The number of carbonyl (C=O) groups excluding carboxylic acids is 3. The fourth-order valence-electron chi connectivity index (χ4n) is 4.68. The Bertz CT molecular complexity index is 1070. The molecular weight excluding hydrogens is 439 g/mol. The maximum atomic E-state index is 13.4. The Kier molecular flexibility index (Phi) is 7.19. The predicted molar refractivity (Wildman–Crippen MR) is 126 cm³/mol.